The summed E-state index contributed by atoms with van der Waals surface area (Å²) in [5.41, 5.74) is 0.896. The predicted octanol–water partition coefficient (Wildman–Crippen LogP) is 9.48. The number of carbonyl (C=O) groups is 1. The number of unbranched alkanes of at least 4 members (excludes halogenated alkanes) is 7. The zero-order valence-corrected chi connectivity index (χ0v) is 22.5. The van der Waals surface area contributed by atoms with Crippen molar-refractivity contribution in [2.45, 2.75) is 91.1 Å². The van der Waals surface area contributed by atoms with E-state index in [-0.39, 0.29) is 5.78 Å². The molecule has 0 saturated heterocycles. The van der Waals surface area contributed by atoms with Crippen molar-refractivity contribution in [1.29, 1.82) is 0 Å². The summed E-state index contributed by atoms with van der Waals surface area (Å²) in [5, 5.41) is 2.05. The molecule has 1 unspecified atom stereocenters. The number of hydrogen-bond acceptors (Lipinski definition) is 3. The topological polar surface area (TPSA) is 35.5 Å². The second-order valence-corrected chi connectivity index (χ2v) is 10.1. The Labute approximate surface area is 218 Å². The summed E-state index contributed by atoms with van der Waals surface area (Å²) in [6.07, 6.45) is 11.2. The molecule has 0 aliphatic heterocycles. The van der Waals surface area contributed by atoms with Crippen LogP contribution in [0.2, 0.25) is 0 Å². The van der Waals surface area contributed by atoms with Crippen LogP contribution in [0.15, 0.2) is 66.7 Å². The Balaban J connectivity index is 1.63. The van der Waals surface area contributed by atoms with E-state index in [0.29, 0.717) is 12.3 Å². The molecule has 0 saturated carbocycles. The molecule has 3 heteroatoms. The average Bonchev–Trinajstić information content (AvgIpc) is 2.91. The number of Topliss-reactive ketones (excluding diaryl/α,β-unsaturated/α-hetero) is 1. The van der Waals surface area contributed by atoms with E-state index in [0.717, 1.165) is 47.3 Å². The van der Waals surface area contributed by atoms with E-state index < -0.39 is 6.10 Å². The van der Waals surface area contributed by atoms with Gasteiger partial charge in [-0.05, 0) is 47.6 Å². The summed E-state index contributed by atoms with van der Waals surface area (Å²) in [6.45, 7) is 7.24. The third-order valence-corrected chi connectivity index (χ3v) is 6.96. The second-order valence-electron chi connectivity index (χ2n) is 10.1. The van der Waals surface area contributed by atoms with Gasteiger partial charge in [-0.25, -0.2) is 0 Å². The average molecular weight is 489 g/mol. The van der Waals surface area contributed by atoms with Crippen molar-refractivity contribution < 1.29 is 14.3 Å². The molecule has 0 aromatic heterocycles. The highest BCUT2D eigenvalue weighted by molar-refractivity contribution is 5.90. The fraction of sp³-hybridized carbons (Fsp3) is 0.485. The first-order valence-corrected chi connectivity index (χ1v) is 14.0. The van der Waals surface area contributed by atoms with Crippen molar-refractivity contribution in [3.8, 4) is 11.5 Å². The number of ether oxygens (including phenoxy) is 2. The van der Waals surface area contributed by atoms with Crippen LogP contribution in [0.3, 0.4) is 0 Å². The Morgan fingerprint density at radius 2 is 1.53 bits per heavy atom. The zero-order chi connectivity index (χ0) is 25.6. The fourth-order valence-corrected chi connectivity index (χ4v) is 4.52. The number of carbonyl (C=O) groups excluding carboxylic acids is 1. The maximum absolute atomic E-state index is 13.2. The first-order valence-electron chi connectivity index (χ1n) is 14.0. The van der Waals surface area contributed by atoms with E-state index in [9.17, 15) is 4.79 Å². The lowest BCUT2D eigenvalue weighted by molar-refractivity contribution is -0.126. The van der Waals surface area contributed by atoms with Crippen molar-refractivity contribution in [2.75, 3.05) is 6.61 Å². The second kappa shape index (κ2) is 15.3. The van der Waals surface area contributed by atoms with Gasteiger partial charge >= 0.3 is 0 Å². The van der Waals surface area contributed by atoms with Gasteiger partial charge in [-0.1, -0.05) is 115 Å². The van der Waals surface area contributed by atoms with Crippen LogP contribution in [-0.2, 0) is 4.79 Å². The molecule has 0 aliphatic carbocycles. The largest absolute Gasteiger partial charge is 0.494 e. The smallest absolute Gasteiger partial charge is 0.182 e. The molecule has 3 rings (SSSR count). The Kier molecular flexibility index (Phi) is 11.8. The maximum Gasteiger partial charge on any atom is 0.182 e. The number of ketones is 1. The van der Waals surface area contributed by atoms with Crippen molar-refractivity contribution in [2.24, 2.45) is 5.92 Å². The molecular weight excluding hydrogens is 444 g/mol. The SMILES string of the molecule is CCCCCCCCCCOc1ccc2c(OC(C(=O)C[C@H](C)CC)c3ccccc3)cccc2c1. The summed E-state index contributed by atoms with van der Waals surface area (Å²) in [5.74, 6) is 2.07. The van der Waals surface area contributed by atoms with Crippen LogP contribution in [0, 0.1) is 5.92 Å². The molecule has 0 heterocycles. The summed E-state index contributed by atoms with van der Waals surface area (Å²) < 4.78 is 12.5. The van der Waals surface area contributed by atoms with Gasteiger partial charge in [-0.3, -0.25) is 4.79 Å². The minimum Gasteiger partial charge on any atom is -0.494 e. The molecule has 0 spiro atoms. The van der Waals surface area contributed by atoms with Gasteiger partial charge in [0, 0.05) is 11.8 Å². The van der Waals surface area contributed by atoms with Crippen LogP contribution in [0.25, 0.3) is 10.8 Å². The molecule has 0 N–H and O–H groups in total. The van der Waals surface area contributed by atoms with E-state index in [1.807, 2.05) is 48.5 Å². The molecule has 0 aliphatic rings. The zero-order valence-electron chi connectivity index (χ0n) is 22.5. The van der Waals surface area contributed by atoms with Crippen LogP contribution >= 0.6 is 0 Å². The molecule has 2 atom stereocenters. The van der Waals surface area contributed by atoms with E-state index in [1.165, 1.54) is 44.9 Å². The molecule has 0 bridgehead atoms. The minimum atomic E-state index is -0.608. The lowest BCUT2D eigenvalue weighted by atomic mass is 9.95. The molecule has 3 aromatic carbocycles. The Morgan fingerprint density at radius 3 is 2.25 bits per heavy atom. The summed E-state index contributed by atoms with van der Waals surface area (Å²) in [7, 11) is 0. The van der Waals surface area contributed by atoms with Gasteiger partial charge in [0.25, 0.3) is 0 Å². The molecule has 0 fully saturated rings. The molecule has 36 heavy (non-hydrogen) atoms. The van der Waals surface area contributed by atoms with Gasteiger partial charge < -0.3 is 9.47 Å². The van der Waals surface area contributed by atoms with Crippen molar-refractivity contribution in [3.05, 3.63) is 72.3 Å². The predicted molar refractivity (Wildman–Crippen MR) is 151 cm³/mol. The number of rotatable bonds is 17. The summed E-state index contributed by atoms with van der Waals surface area (Å²) in [4.78, 5) is 13.2. The Bertz CT molecular complexity index is 1040. The number of fused-ring (bicyclic) bond motifs is 1. The maximum atomic E-state index is 13.2. The van der Waals surface area contributed by atoms with Crippen LogP contribution in [0.1, 0.15) is 96.6 Å². The van der Waals surface area contributed by atoms with Gasteiger partial charge in [-0.2, -0.15) is 0 Å². The van der Waals surface area contributed by atoms with E-state index >= 15 is 0 Å². The summed E-state index contributed by atoms with van der Waals surface area (Å²) >= 11 is 0. The lowest BCUT2D eigenvalue weighted by Crippen LogP contribution is -2.21. The fourth-order valence-electron chi connectivity index (χ4n) is 4.52. The van der Waals surface area contributed by atoms with Gasteiger partial charge in [0.05, 0.1) is 6.61 Å². The van der Waals surface area contributed by atoms with E-state index in [4.69, 9.17) is 9.47 Å². The van der Waals surface area contributed by atoms with Gasteiger partial charge in [0.2, 0.25) is 0 Å². The molecule has 3 nitrogen and oxygen atoms in total. The summed E-state index contributed by atoms with van der Waals surface area (Å²) in [6, 6.07) is 22.0. The highest BCUT2D eigenvalue weighted by atomic mass is 16.5. The third-order valence-electron chi connectivity index (χ3n) is 6.96. The van der Waals surface area contributed by atoms with Crippen LogP contribution in [-0.4, -0.2) is 12.4 Å². The molecule has 0 amide bonds. The third kappa shape index (κ3) is 8.69. The van der Waals surface area contributed by atoms with E-state index in [2.05, 4.69) is 39.0 Å². The Hall–Kier alpha value is -2.81. The monoisotopic (exact) mass is 488 g/mol. The van der Waals surface area contributed by atoms with Crippen molar-refractivity contribution >= 4 is 16.6 Å². The number of hydrogen-bond donors (Lipinski definition) is 0. The lowest BCUT2D eigenvalue weighted by Gasteiger charge is -2.21. The van der Waals surface area contributed by atoms with E-state index in [1.54, 1.807) is 0 Å². The molecule has 194 valence electrons. The van der Waals surface area contributed by atoms with Crippen molar-refractivity contribution in [1.82, 2.24) is 0 Å². The highest BCUT2D eigenvalue weighted by Crippen LogP contribution is 2.33. The Morgan fingerprint density at radius 1 is 0.806 bits per heavy atom. The molecule has 0 radical (unpaired) electrons. The minimum absolute atomic E-state index is 0.123. The van der Waals surface area contributed by atoms with Gasteiger partial charge in [0.1, 0.15) is 11.5 Å². The first-order chi connectivity index (χ1) is 17.6. The van der Waals surface area contributed by atoms with Gasteiger partial charge in [0.15, 0.2) is 11.9 Å². The van der Waals surface area contributed by atoms with Crippen LogP contribution < -0.4 is 9.47 Å². The standard InChI is InChI=1S/C33H44O3/c1-4-6-7-8-9-10-11-15-23-35-29-21-22-30-28(25-29)19-16-20-32(30)36-33(27-17-13-12-14-18-27)31(34)24-26(3)5-2/h12-14,16-22,25-26,33H,4-11,15,23-24H2,1-3H3/t26-,33?/m1/s1. The first kappa shape index (κ1) is 27.8. The molecular formula is C33H44O3. The van der Waals surface area contributed by atoms with Gasteiger partial charge in [-0.15, -0.1) is 0 Å². The molecule has 3 aromatic rings. The normalized spacial score (nSPS) is 12.9. The highest BCUT2D eigenvalue weighted by Gasteiger charge is 2.24. The van der Waals surface area contributed by atoms with Crippen molar-refractivity contribution in [3.63, 3.8) is 0 Å². The number of benzene rings is 3. The van der Waals surface area contributed by atoms with Crippen LogP contribution in [0.4, 0.5) is 0 Å². The quantitative estimate of drug-likeness (QED) is 0.177. The van der Waals surface area contributed by atoms with Crippen LogP contribution in [0.5, 0.6) is 11.5 Å².